The van der Waals surface area contributed by atoms with E-state index < -0.39 is 17.2 Å². The van der Waals surface area contributed by atoms with Crippen molar-refractivity contribution in [3.63, 3.8) is 0 Å². The Morgan fingerprint density at radius 2 is 1.78 bits per heavy atom. The minimum atomic E-state index is -0.991. The van der Waals surface area contributed by atoms with Crippen LogP contribution in [-0.2, 0) is 13.0 Å². The summed E-state index contributed by atoms with van der Waals surface area (Å²) in [5.74, 6) is -2.18. The minimum absolute atomic E-state index is 0.0184. The lowest BCUT2D eigenvalue weighted by atomic mass is 9.98. The normalized spacial score (nSPS) is 11.2. The van der Waals surface area contributed by atoms with Gasteiger partial charge < -0.3 is 9.55 Å². The van der Waals surface area contributed by atoms with E-state index in [1.54, 1.807) is 12.3 Å². The second-order valence-electron chi connectivity index (χ2n) is 10.1. The molecule has 3 aromatic heterocycles. The van der Waals surface area contributed by atoms with Crippen LogP contribution >= 0.6 is 0 Å². The van der Waals surface area contributed by atoms with Gasteiger partial charge in [0.15, 0.2) is 23.2 Å². The summed E-state index contributed by atoms with van der Waals surface area (Å²) in [4.78, 5) is 46.2. The first-order chi connectivity index (χ1) is 19.8. The van der Waals surface area contributed by atoms with Crippen molar-refractivity contribution in [1.29, 1.82) is 0 Å². The number of Topliss-reactive ketones (excluding diaryl/α,β-unsaturated/α-hetero) is 2. The third kappa shape index (κ3) is 6.22. The van der Waals surface area contributed by atoms with Gasteiger partial charge >= 0.3 is 0 Å². The van der Waals surface area contributed by atoms with Crippen molar-refractivity contribution in [3.05, 3.63) is 123 Å². The fourth-order valence-corrected chi connectivity index (χ4v) is 4.87. The van der Waals surface area contributed by atoms with E-state index in [0.29, 0.717) is 29.6 Å². The Hall–Kier alpha value is -4.72. The SMILES string of the molecule is CCCCC(=O)c1cnc2[nH]cc(-c3cccc(CCC(=O)c4cccn(Cc5ccc(F)c(F)c5)c4=O)c3)c2c1. The number of aryl methyl sites for hydroxylation is 1. The maximum absolute atomic E-state index is 13.6. The van der Waals surface area contributed by atoms with Gasteiger partial charge in [0.25, 0.3) is 5.56 Å². The average molecular weight is 554 g/mol. The molecule has 0 spiro atoms. The number of H-pyrrole nitrogens is 1. The highest BCUT2D eigenvalue weighted by molar-refractivity contribution is 6.02. The van der Waals surface area contributed by atoms with Crippen molar-refractivity contribution < 1.29 is 18.4 Å². The molecule has 0 amide bonds. The molecule has 0 bridgehead atoms. The summed E-state index contributed by atoms with van der Waals surface area (Å²) in [7, 11) is 0. The predicted molar refractivity (Wildman–Crippen MR) is 154 cm³/mol. The monoisotopic (exact) mass is 553 g/mol. The molecule has 0 radical (unpaired) electrons. The number of ketones is 2. The molecule has 1 N–H and O–H groups in total. The zero-order valence-corrected chi connectivity index (χ0v) is 22.6. The summed E-state index contributed by atoms with van der Waals surface area (Å²) in [5.41, 5.74) is 4.02. The number of aromatic nitrogens is 3. The number of pyridine rings is 2. The number of hydrogen-bond acceptors (Lipinski definition) is 4. The lowest BCUT2D eigenvalue weighted by Gasteiger charge is -2.09. The highest BCUT2D eigenvalue weighted by Crippen LogP contribution is 2.29. The first kappa shape index (κ1) is 27.8. The van der Waals surface area contributed by atoms with E-state index >= 15 is 0 Å². The van der Waals surface area contributed by atoms with Crippen molar-refractivity contribution in [2.45, 2.75) is 45.6 Å². The molecular formula is C33H29F2N3O3. The summed E-state index contributed by atoms with van der Waals surface area (Å²) in [6.07, 6.45) is 7.81. The molecule has 0 aliphatic rings. The number of benzene rings is 2. The lowest BCUT2D eigenvalue weighted by molar-refractivity contribution is 0.0972. The third-order valence-corrected chi connectivity index (χ3v) is 7.15. The number of rotatable bonds is 11. The van der Waals surface area contributed by atoms with Crippen LogP contribution in [-0.4, -0.2) is 26.1 Å². The predicted octanol–water partition coefficient (Wildman–Crippen LogP) is 6.91. The molecule has 208 valence electrons. The molecule has 0 saturated heterocycles. The summed E-state index contributed by atoms with van der Waals surface area (Å²) in [6.45, 7) is 2.07. The fraction of sp³-hybridized carbons (Fsp3) is 0.212. The van der Waals surface area contributed by atoms with E-state index in [0.717, 1.165) is 47.1 Å². The zero-order valence-electron chi connectivity index (χ0n) is 22.6. The van der Waals surface area contributed by atoms with Crippen LogP contribution in [0, 0.1) is 11.6 Å². The standard InChI is InChI=1S/C33H29F2N3O3/c1-2-3-9-30(39)24-17-26-27(19-37-32(26)36-18-24)23-7-4-6-21(15-23)11-13-31(40)25-8-5-14-38(33(25)41)20-22-10-12-28(34)29(35)16-22/h4-8,10,12,14-19H,2-3,9,11,13,20H2,1H3,(H,36,37). The number of carbonyl (C=O) groups is 2. The van der Waals surface area contributed by atoms with Gasteiger partial charge in [-0.1, -0.05) is 43.7 Å². The Labute approximate surface area is 235 Å². The van der Waals surface area contributed by atoms with Gasteiger partial charge in [-0.2, -0.15) is 0 Å². The zero-order chi connectivity index (χ0) is 28.9. The van der Waals surface area contributed by atoms with Crippen molar-refractivity contribution in [2.24, 2.45) is 0 Å². The number of unbranched alkanes of at least 4 members (excludes halogenated alkanes) is 1. The molecule has 3 heterocycles. The maximum atomic E-state index is 13.6. The van der Waals surface area contributed by atoms with Crippen LogP contribution in [0.4, 0.5) is 8.78 Å². The van der Waals surface area contributed by atoms with Crippen molar-refractivity contribution in [3.8, 4) is 11.1 Å². The second-order valence-corrected chi connectivity index (χ2v) is 10.1. The van der Waals surface area contributed by atoms with Crippen molar-refractivity contribution in [1.82, 2.24) is 14.5 Å². The third-order valence-electron chi connectivity index (χ3n) is 7.15. The van der Waals surface area contributed by atoms with Crippen molar-refractivity contribution in [2.75, 3.05) is 0 Å². The molecule has 0 atom stereocenters. The van der Waals surface area contributed by atoms with Gasteiger partial charge in [0, 0.05) is 47.9 Å². The molecule has 5 aromatic rings. The second kappa shape index (κ2) is 12.2. The number of nitrogens with one attached hydrogen (secondary N) is 1. The quantitative estimate of drug-likeness (QED) is 0.180. The number of nitrogens with zero attached hydrogens (tertiary/aromatic N) is 2. The summed E-state index contributed by atoms with van der Waals surface area (Å²) in [5, 5.41) is 0.853. The van der Waals surface area contributed by atoms with Crippen LogP contribution in [0.15, 0.2) is 84.0 Å². The fourth-order valence-electron chi connectivity index (χ4n) is 4.87. The molecule has 6 nitrogen and oxygen atoms in total. The van der Waals surface area contributed by atoms with Gasteiger partial charge in [-0.15, -0.1) is 0 Å². The van der Waals surface area contributed by atoms with Crippen LogP contribution in [0.5, 0.6) is 0 Å². The number of halogens is 2. The number of hydrogen-bond donors (Lipinski definition) is 1. The van der Waals surface area contributed by atoms with Gasteiger partial charge in [-0.3, -0.25) is 14.4 Å². The number of fused-ring (bicyclic) bond motifs is 1. The highest BCUT2D eigenvalue weighted by atomic mass is 19.2. The van der Waals surface area contributed by atoms with E-state index in [9.17, 15) is 23.2 Å². The molecule has 0 unspecified atom stereocenters. The Morgan fingerprint density at radius 1 is 0.927 bits per heavy atom. The Bertz CT molecular complexity index is 1810. The van der Waals surface area contributed by atoms with Gasteiger partial charge in [-0.25, -0.2) is 13.8 Å². The highest BCUT2D eigenvalue weighted by Gasteiger charge is 2.15. The van der Waals surface area contributed by atoms with Gasteiger partial charge in [-0.05, 0) is 59.9 Å². The molecule has 0 saturated carbocycles. The van der Waals surface area contributed by atoms with Crippen LogP contribution in [0.25, 0.3) is 22.2 Å². The molecule has 0 aliphatic carbocycles. The first-order valence-corrected chi connectivity index (χ1v) is 13.6. The Morgan fingerprint density at radius 3 is 2.59 bits per heavy atom. The molecule has 2 aromatic carbocycles. The van der Waals surface area contributed by atoms with Gasteiger partial charge in [0.1, 0.15) is 5.65 Å². The molecule has 0 fully saturated rings. The van der Waals surface area contributed by atoms with Gasteiger partial charge in [0.2, 0.25) is 0 Å². The van der Waals surface area contributed by atoms with Crippen LogP contribution < -0.4 is 5.56 Å². The molecular weight excluding hydrogens is 524 g/mol. The number of carbonyl (C=O) groups excluding carboxylic acids is 2. The van der Waals surface area contributed by atoms with Crippen LogP contribution in [0.1, 0.15) is 64.4 Å². The number of aromatic amines is 1. The largest absolute Gasteiger partial charge is 0.346 e. The Kier molecular flexibility index (Phi) is 8.29. The van der Waals surface area contributed by atoms with Crippen LogP contribution in [0.3, 0.4) is 0 Å². The van der Waals surface area contributed by atoms with E-state index in [4.69, 9.17) is 0 Å². The van der Waals surface area contributed by atoms with E-state index in [2.05, 4.69) is 16.9 Å². The molecule has 5 rings (SSSR count). The molecule has 0 aliphatic heterocycles. The van der Waals surface area contributed by atoms with Crippen LogP contribution in [0.2, 0.25) is 0 Å². The smallest absolute Gasteiger partial charge is 0.261 e. The minimum Gasteiger partial charge on any atom is -0.346 e. The lowest BCUT2D eigenvalue weighted by Crippen LogP contribution is -2.26. The van der Waals surface area contributed by atoms with E-state index in [1.807, 2.05) is 36.5 Å². The summed E-state index contributed by atoms with van der Waals surface area (Å²) in [6, 6.07) is 16.2. The van der Waals surface area contributed by atoms with Gasteiger partial charge in [0.05, 0.1) is 12.1 Å². The first-order valence-electron chi connectivity index (χ1n) is 13.6. The van der Waals surface area contributed by atoms with E-state index in [1.165, 1.54) is 22.9 Å². The summed E-state index contributed by atoms with van der Waals surface area (Å²) < 4.78 is 28.2. The molecule has 8 heteroatoms. The summed E-state index contributed by atoms with van der Waals surface area (Å²) >= 11 is 0. The maximum Gasteiger partial charge on any atom is 0.261 e. The average Bonchev–Trinajstić information content (AvgIpc) is 3.41. The van der Waals surface area contributed by atoms with E-state index in [-0.39, 0.29) is 30.1 Å². The van der Waals surface area contributed by atoms with Crippen molar-refractivity contribution >= 4 is 22.6 Å². The Balaban J connectivity index is 1.31. The molecule has 41 heavy (non-hydrogen) atoms. The topological polar surface area (TPSA) is 84.8 Å².